The Hall–Kier alpha value is -3.13. The van der Waals surface area contributed by atoms with Crippen molar-refractivity contribution in [1.82, 2.24) is 15.0 Å². The number of rotatable bonds is 6. The number of pyridine rings is 2. The van der Waals surface area contributed by atoms with E-state index < -0.39 is 48.8 Å². The Kier molecular flexibility index (Phi) is 5.86. The summed E-state index contributed by atoms with van der Waals surface area (Å²) < 4.78 is 63.1. The standard InChI is InChI=1S/C23H23F3N4O6/c24-12-5-13-14(6-18(27-13)35-16-9-34-20-15(32)8-33-21(16)20)28-19(12)11-1-2-17(29-22(11)36-23(25)26)30-4-3-10(31)7-30/h1-2,5-6,10,15-16,20-21,23,27,31-32H,3-4,7-9H2/t10-,15-,16-,20?,21-/m1/s1. The van der Waals surface area contributed by atoms with Gasteiger partial charge in [-0.05, 0) is 18.6 Å². The molecule has 36 heavy (non-hydrogen) atoms. The molecule has 13 heteroatoms. The number of hydrogen-bond donors (Lipinski definition) is 3. The molecule has 6 heterocycles. The zero-order valence-electron chi connectivity index (χ0n) is 18.8. The first kappa shape index (κ1) is 23.3. The summed E-state index contributed by atoms with van der Waals surface area (Å²) in [5.74, 6) is -0.611. The molecule has 3 fully saturated rings. The second-order valence-corrected chi connectivity index (χ2v) is 8.99. The summed E-state index contributed by atoms with van der Waals surface area (Å²) in [7, 11) is 0. The Morgan fingerprint density at radius 2 is 1.94 bits per heavy atom. The highest BCUT2D eigenvalue weighted by molar-refractivity contribution is 5.82. The number of alkyl halides is 2. The van der Waals surface area contributed by atoms with Gasteiger partial charge in [0.05, 0.1) is 35.9 Å². The number of anilines is 1. The van der Waals surface area contributed by atoms with Crippen molar-refractivity contribution in [2.45, 2.75) is 43.6 Å². The van der Waals surface area contributed by atoms with Crippen molar-refractivity contribution in [3.8, 4) is 23.0 Å². The van der Waals surface area contributed by atoms with Crippen LogP contribution in [-0.4, -0.2) is 88.6 Å². The van der Waals surface area contributed by atoms with Crippen molar-refractivity contribution in [3.05, 3.63) is 30.1 Å². The minimum atomic E-state index is -3.18. The number of aliphatic hydroxyl groups is 2. The van der Waals surface area contributed by atoms with E-state index >= 15 is 4.39 Å². The van der Waals surface area contributed by atoms with Crippen LogP contribution in [0.5, 0.6) is 11.8 Å². The SMILES string of the molecule is O[C@@H]1CCN(c2ccc(-c3nc4cc(O[C@@H]5COC6[C@H](O)CO[C@@H]65)[nH]c4cc3F)c(OC(F)F)n2)C1. The first-order chi connectivity index (χ1) is 17.4. The number of aromatic amines is 1. The maximum absolute atomic E-state index is 15.1. The van der Waals surface area contributed by atoms with Gasteiger partial charge in [0.2, 0.25) is 5.88 Å². The number of nitrogens with zero attached hydrogens (tertiary/aromatic N) is 3. The van der Waals surface area contributed by atoms with Crippen LogP contribution in [0.4, 0.5) is 19.0 Å². The van der Waals surface area contributed by atoms with Crippen LogP contribution in [0.3, 0.4) is 0 Å². The first-order valence-electron chi connectivity index (χ1n) is 11.5. The molecule has 3 aromatic heterocycles. The number of nitrogens with one attached hydrogen (secondary N) is 1. The van der Waals surface area contributed by atoms with Gasteiger partial charge in [0, 0.05) is 25.2 Å². The van der Waals surface area contributed by atoms with Gasteiger partial charge in [0.15, 0.2) is 17.8 Å². The summed E-state index contributed by atoms with van der Waals surface area (Å²) in [6, 6.07) is 5.71. The average molecular weight is 508 g/mol. The Balaban J connectivity index is 1.30. The molecular formula is C23H23F3N4O6. The Morgan fingerprint density at radius 1 is 1.11 bits per heavy atom. The van der Waals surface area contributed by atoms with Crippen LogP contribution in [0.25, 0.3) is 22.3 Å². The molecule has 3 N–H and O–H groups in total. The van der Waals surface area contributed by atoms with Crippen LogP contribution < -0.4 is 14.4 Å². The third kappa shape index (κ3) is 4.21. The lowest BCUT2D eigenvalue weighted by Crippen LogP contribution is -2.34. The summed E-state index contributed by atoms with van der Waals surface area (Å²) in [6.07, 6.45) is -2.10. The highest BCUT2D eigenvalue weighted by Gasteiger charge is 2.48. The van der Waals surface area contributed by atoms with E-state index in [0.717, 1.165) is 0 Å². The highest BCUT2D eigenvalue weighted by Crippen LogP contribution is 2.36. The predicted octanol–water partition coefficient (Wildman–Crippen LogP) is 1.84. The maximum atomic E-state index is 15.1. The van der Waals surface area contributed by atoms with Gasteiger partial charge in [-0.2, -0.15) is 13.8 Å². The molecule has 0 aromatic carbocycles. The van der Waals surface area contributed by atoms with Crippen molar-refractivity contribution >= 4 is 16.9 Å². The lowest BCUT2D eigenvalue weighted by atomic mass is 10.1. The number of hydrogen-bond acceptors (Lipinski definition) is 9. The summed E-state index contributed by atoms with van der Waals surface area (Å²) in [4.78, 5) is 13.2. The van der Waals surface area contributed by atoms with Crippen LogP contribution in [-0.2, 0) is 9.47 Å². The normalized spacial score (nSPS) is 27.8. The molecule has 3 saturated heterocycles. The molecule has 3 aliphatic heterocycles. The fraction of sp³-hybridized carbons (Fsp3) is 0.478. The molecule has 10 nitrogen and oxygen atoms in total. The van der Waals surface area contributed by atoms with E-state index in [9.17, 15) is 19.0 Å². The number of ether oxygens (including phenoxy) is 4. The lowest BCUT2D eigenvalue weighted by molar-refractivity contribution is -0.0523. The van der Waals surface area contributed by atoms with Gasteiger partial charge >= 0.3 is 6.61 Å². The number of aromatic nitrogens is 3. The van der Waals surface area contributed by atoms with Gasteiger partial charge in [0.1, 0.15) is 29.8 Å². The summed E-state index contributed by atoms with van der Waals surface area (Å²) in [5.41, 5.74) is 0.415. The topological polar surface area (TPSA) is 122 Å². The molecule has 3 aliphatic rings. The Labute approximate surface area is 202 Å². The monoisotopic (exact) mass is 508 g/mol. The number of halogens is 3. The minimum Gasteiger partial charge on any atom is -0.470 e. The van der Waals surface area contributed by atoms with E-state index in [2.05, 4.69) is 19.7 Å². The van der Waals surface area contributed by atoms with Gasteiger partial charge in [-0.1, -0.05) is 0 Å². The first-order valence-corrected chi connectivity index (χ1v) is 11.5. The van der Waals surface area contributed by atoms with E-state index in [0.29, 0.717) is 42.2 Å². The molecular weight excluding hydrogens is 485 g/mol. The van der Waals surface area contributed by atoms with Gasteiger partial charge < -0.3 is 39.0 Å². The summed E-state index contributed by atoms with van der Waals surface area (Å²) in [6.45, 7) is -1.99. The highest BCUT2D eigenvalue weighted by atomic mass is 19.3. The fourth-order valence-electron chi connectivity index (χ4n) is 4.88. The van der Waals surface area contributed by atoms with Crippen molar-refractivity contribution in [3.63, 3.8) is 0 Å². The van der Waals surface area contributed by atoms with Crippen LogP contribution in [0.1, 0.15) is 6.42 Å². The largest absolute Gasteiger partial charge is 0.470 e. The van der Waals surface area contributed by atoms with Crippen LogP contribution in [0, 0.1) is 5.82 Å². The third-order valence-corrected chi connectivity index (χ3v) is 6.58. The molecule has 3 aromatic rings. The maximum Gasteiger partial charge on any atom is 0.388 e. The van der Waals surface area contributed by atoms with Gasteiger partial charge in [0.25, 0.3) is 0 Å². The van der Waals surface area contributed by atoms with E-state index in [1.807, 2.05) is 0 Å². The zero-order chi connectivity index (χ0) is 25.0. The van der Waals surface area contributed by atoms with Crippen molar-refractivity contribution in [2.24, 2.45) is 0 Å². The Morgan fingerprint density at radius 3 is 2.72 bits per heavy atom. The second kappa shape index (κ2) is 9.07. The molecule has 5 atom stereocenters. The second-order valence-electron chi connectivity index (χ2n) is 8.99. The zero-order valence-corrected chi connectivity index (χ0v) is 18.8. The van der Waals surface area contributed by atoms with E-state index in [1.54, 1.807) is 17.0 Å². The van der Waals surface area contributed by atoms with Crippen molar-refractivity contribution < 1.29 is 42.3 Å². The van der Waals surface area contributed by atoms with Gasteiger partial charge in [-0.15, -0.1) is 0 Å². The molecule has 0 radical (unpaired) electrons. The summed E-state index contributed by atoms with van der Waals surface area (Å²) >= 11 is 0. The Bertz CT molecular complexity index is 1280. The molecule has 192 valence electrons. The van der Waals surface area contributed by atoms with Crippen LogP contribution >= 0.6 is 0 Å². The molecule has 0 bridgehead atoms. The van der Waals surface area contributed by atoms with Crippen molar-refractivity contribution in [2.75, 3.05) is 31.2 Å². The quantitative estimate of drug-likeness (QED) is 0.458. The lowest BCUT2D eigenvalue weighted by Gasteiger charge is -2.19. The van der Waals surface area contributed by atoms with Gasteiger partial charge in [-0.3, -0.25) is 0 Å². The van der Waals surface area contributed by atoms with Crippen molar-refractivity contribution in [1.29, 1.82) is 0 Å². The molecule has 0 amide bonds. The predicted molar refractivity (Wildman–Crippen MR) is 119 cm³/mol. The molecule has 0 aliphatic carbocycles. The minimum absolute atomic E-state index is 0.0396. The third-order valence-electron chi connectivity index (χ3n) is 6.58. The molecule has 6 rings (SSSR count). The smallest absolute Gasteiger partial charge is 0.388 e. The molecule has 1 unspecified atom stereocenters. The van der Waals surface area contributed by atoms with Crippen LogP contribution in [0.15, 0.2) is 24.3 Å². The number of fused-ring (bicyclic) bond motifs is 2. The van der Waals surface area contributed by atoms with Gasteiger partial charge in [-0.25, -0.2) is 9.37 Å². The fourth-order valence-corrected chi connectivity index (χ4v) is 4.88. The van der Waals surface area contributed by atoms with Crippen LogP contribution in [0.2, 0.25) is 0 Å². The average Bonchev–Trinajstić information content (AvgIpc) is 3.60. The number of H-pyrrole nitrogens is 1. The van der Waals surface area contributed by atoms with E-state index in [4.69, 9.17) is 14.2 Å². The van der Waals surface area contributed by atoms with E-state index in [-0.39, 0.29) is 24.5 Å². The van der Waals surface area contributed by atoms with E-state index in [1.165, 1.54) is 12.1 Å². The molecule has 0 spiro atoms. The molecule has 0 saturated carbocycles. The number of β-amino-alcohol motifs (C(OH)–C–C–N with tert-alkyl or cyclic N) is 1. The summed E-state index contributed by atoms with van der Waals surface area (Å²) in [5, 5.41) is 19.7. The number of aliphatic hydroxyl groups excluding tert-OH is 2.